The third kappa shape index (κ3) is 3.31. The van der Waals surface area contributed by atoms with Crippen LogP contribution in [0.5, 0.6) is 5.75 Å². The number of aromatic nitrogens is 1. The van der Waals surface area contributed by atoms with E-state index < -0.39 is 0 Å². The van der Waals surface area contributed by atoms with Gasteiger partial charge < -0.3 is 15.0 Å². The van der Waals surface area contributed by atoms with Crippen LogP contribution in [0.4, 0.5) is 0 Å². The van der Waals surface area contributed by atoms with Gasteiger partial charge in [-0.2, -0.15) is 0 Å². The van der Waals surface area contributed by atoms with E-state index in [0.717, 1.165) is 11.3 Å². The molecule has 2 rings (SSSR count). The molecule has 0 saturated carbocycles. The minimum absolute atomic E-state index is 0.0805. The fourth-order valence-corrected chi connectivity index (χ4v) is 2.10. The van der Waals surface area contributed by atoms with Gasteiger partial charge in [-0.1, -0.05) is 18.2 Å². The number of amides is 1. The summed E-state index contributed by atoms with van der Waals surface area (Å²) in [6.07, 6.45) is 1.53. The Balaban J connectivity index is 2.13. The topological polar surface area (TPSA) is 71.2 Å². The number of carbonyl (C=O) groups is 2. The van der Waals surface area contributed by atoms with E-state index in [-0.39, 0.29) is 17.7 Å². The van der Waals surface area contributed by atoms with Crippen molar-refractivity contribution >= 4 is 11.7 Å². The Morgan fingerprint density at radius 1 is 1.29 bits per heavy atom. The van der Waals surface area contributed by atoms with Crippen LogP contribution in [0.1, 0.15) is 46.3 Å². The Labute approximate surface area is 123 Å². The van der Waals surface area contributed by atoms with Crippen LogP contribution in [0.15, 0.2) is 36.5 Å². The summed E-state index contributed by atoms with van der Waals surface area (Å²) in [6, 6.07) is 8.86. The summed E-state index contributed by atoms with van der Waals surface area (Å²) in [5, 5.41) is 2.88. The molecule has 2 N–H and O–H groups in total. The van der Waals surface area contributed by atoms with Crippen molar-refractivity contribution in [2.45, 2.75) is 19.9 Å². The molecule has 0 aliphatic carbocycles. The van der Waals surface area contributed by atoms with Crippen LogP contribution in [0.2, 0.25) is 0 Å². The molecule has 0 aliphatic rings. The highest BCUT2D eigenvalue weighted by Crippen LogP contribution is 2.24. The van der Waals surface area contributed by atoms with Gasteiger partial charge in [0.15, 0.2) is 5.78 Å². The fourth-order valence-electron chi connectivity index (χ4n) is 2.10. The molecule has 0 aliphatic heterocycles. The maximum atomic E-state index is 12.2. The fraction of sp³-hybridized carbons (Fsp3) is 0.250. The summed E-state index contributed by atoms with van der Waals surface area (Å²) < 4.78 is 5.29. The number of aromatic amines is 1. The first-order chi connectivity index (χ1) is 10.0. The Morgan fingerprint density at radius 3 is 2.62 bits per heavy atom. The minimum Gasteiger partial charge on any atom is -0.496 e. The average Bonchev–Trinajstić information content (AvgIpc) is 2.97. The van der Waals surface area contributed by atoms with Gasteiger partial charge in [0.1, 0.15) is 11.4 Å². The van der Waals surface area contributed by atoms with Crippen molar-refractivity contribution < 1.29 is 14.3 Å². The molecule has 0 radical (unpaired) electrons. The number of ketones is 1. The molecule has 1 aromatic carbocycles. The molecule has 5 nitrogen and oxygen atoms in total. The number of carbonyl (C=O) groups excluding carboxylic acids is 2. The summed E-state index contributed by atoms with van der Waals surface area (Å²) in [6.45, 7) is 3.34. The number of ether oxygens (including phenoxy) is 1. The second-order valence-corrected chi connectivity index (χ2v) is 4.80. The Bertz CT molecular complexity index is 661. The minimum atomic E-state index is -0.263. The average molecular weight is 286 g/mol. The quantitative estimate of drug-likeness (QED) is 0.830. The molecule has 1 heterocycles. The van der Waals surface area contributed by atoms with Gasteiger partial charge in [-0.25, -0.2) is 0 Å². The van der Waals surface area contributed by atoms with Gasteiger partial charge in [-0.15, -0.1) is 0 Å². The molecular weight excluding hydrogens is 268 g/mol. The van der Waals surface area contributed by atoms with Crippen LogP contribution in [-0.4, -0.2) is 23.8 Å². The SMILES string of the molecule is COc1ccccc1[C@H](C)NC(=O)c1cc(C(C)=O)c[nH]1. The van der Waals surface area contributed by atoms with Gasteiger partial charge in [0, 0.05) is 17.3 Å². The van der Waals surface area contributed by atoms with Gasteiger partial charge in [0.2, 0.25) is 0 Å². The first-order valence-corrected chi connectivity index (χ1v) is 6.66. The first kappa shape index (κ1) is 14.8. The standard InChI is InChI=1S/C16H18N2O3/c1-10(13-6-4-5-7-15(13)21-3)18-16(20)14-8-12(9-17-14)11(2)19/h4-10,17H,1-3H3,(H,18,20)/t10-/m0/s1. The van der Waals surface area contributed by atoms with Crippen molar-refractivity contribution in [1.82, 2.24) is 10.3 Å². The maximum absolute atomic E-state index is 12.2. The van der Waals surface area contributed by atoms with Crippen molar-refractivity contribution in [3.05, 3.63) is 53.3 Å². The van der Waals surface area contributed by atoms with E-state index in [4.69, 9.17) is 4.74 Å². The molecule has 1 aromatic heterocycles. The molecule has 21 heavy (non-hydrogen) atoms. The van der Waals surface area contributed by atoms with Crippen molar-refractivity contribution in [3.8, 4) is 5.75 Å². The number of para-hydroxylation sites is 1. The number of methoxy groups -OCH3 is 1. The predicted molar refractivity (Wildman–Crippen MR) is 79.7 cm³/mol. The lowest BCUT2D eigenvalue weighted by Crippen LogP contribution is -2.27. The van der Waals surface area contributed by atoms with E-state index >= 15 is 0 Å². The third-order valence-corrected chi connectivity index (χ3v) is 3.29. The second kappa shape index (κ2) is 6.26. The number of rotatable bonds is 5. The zero-order chi connectivity index (χ0) is 15.4. The summed E-state index contributed by atoms with van der Waals surface area (Å²) in [7, 11) is 1.59. The van der Waals surface area contributed by atoms with Crippen LogP contribution >= 0.6 is 0 Å². The summed E-state index contributed by atoms with van der Waals surface area (Å²) in [4.78, 5) is 26.2. The predicted octanol–water partition coefficient (Wildman–Crippen LogP) is 2.72. The molecule has 0 unspecified atom stereocenters. The van der Waals surface area contributed by atoms with Crippen molar-refractivity contribution in [1.29, 1.82) is 0 Å². The monoisotopic (exact) mass is 286 g/mol. The number of nitrogens with one attached hydrogen (secondary N) is 2. The summed E-state index contributed by atoms with van der Waals surface area (Å²) in [5.74, 6) is 0.380. The third-order valence-electron chi connectivity index (χ3n) is 3.29. The van der Waals surface area contributed by atoms with Gasteiger partial charge in [0.05, 0.1) is 13.2 Å². The number of hydrogen-bond donors (Lipinski definition) is 2. The van der Waals surface area contributed by atoms with E-state index in [1.54, 1.807) is 13.2 Å². The summed E-state index contributed by atoms with van der Waals surface area (Å²) >= 11 is 0. The molecule has 1 amide bonds. The van der Waals surface area contributed by atoms with Gasteiger partial charge >= 0.3 is 0 Å². The lowest BCUT2D eigenvalue weighted by Gasteiger charge is -2.16. The van der Waals surface area contributed by atoms with E-state index in [9.17, 15) is 9.59 Å². The highest BCUT2D eigenvalue weighted by Gasteiger charge is 2.16. The lowest BCUT2D eigenvalue weighted by molar-refractivity contribution is 0.0935. The van der Waals surface area contributed by atoms with Crippen LogP contribution in [-0.2, 0) is 0 Å². The van der Waals surface area contributed by atoms with Crippen LogP contribution in [0, 0.1) is 0 Å². The van der Waals surface area contributed by atoms with Gasteiger partial charge in [-0.3, -0.25) is 9.59 Å². The zero-order valence-corrected chi connectivity index (χ0v) is 12.3. The molecule has 5 heteroatoms. The van der Waals surface area contributed by atoms with Crippen molar-refractivity contribution in [3.63, 3.8) is 0 Å². The zero-order valence-electron chi connectivity index (χ0n) is 12.3. The molecule has 0 saturated heterocycles. The normalized spacial score (nSPS) is 11.8. The van der Waals surface area contributed by atoms with E-state index in [0.29, 0.717) is 11.3 Å². The largest absolute Gasteiger partial charge is 0.496 e. The van der Waals surface area contributed by atoms with Crippen molar-refractivity contribution in [2.24, 2.45) is 0 Å². The smallest absolute Gasteiger partial charge is 0.268 e. The molecule has 2 aromatic rings. The van der Waals surface area contributed by atoms with E-state index in [1.165, 1.54) is 13.1 Å². The number of hydrogen-bond acceptors (Lipinski definition) is 3. The molecule has 0 spiro atoms. The Hall–Kier alpha value is -2.56. The van der Waals surface area contributed by atoms with Crippen LogP contribution < -0.4 is 10.1 Å². The van der Waals surface area contributed by atoms with E-state index in [2.05, 4.69) is 10.3 Å². The van der Waals surface area contributed by atoms with Crippen LogP contribution in [0.3, 0.4) is 0 Å². The molecule has 0 fully saturated rings. The first-order valence-electron chi connectivity index (χ1n) is 6.66. The molecule has 0 bridgehead atoms. The highest BCUT2D eigenvalue weighted by atomic mass is 16.5. The highest BCUT2D eigenvalue weighted by molar-refractivity contribution is 5.99. The number of Topliss-reactive ketones (excluding diaryl/α,β-unsaturated/α-hetero) is 1. The van der Waals surface area contributed by atoms with Gasteiger partial charge in [0.25, 0.3) is 5.91 Å². The Morgan fingerprint density at radius 2 is 2.00 bits per heavy atom. The lowest BCUT2D eigenvalue weighted by atomic mass is 10.1. The number of H-pyrrole nitrogens is 1. The number of benzene rings is 1. The molecule has 110 valence electrons. The van der Waals surface area contributed by atoms with Gasteiger partial charge in [-0.05, 0) is 26.0 Å². The maximum Gasteiger partial charge on any atom is 0.268 e. The van der Waals surface area contributed by atoms with E-state index in [1.807, 2.05) is 31.2 Å². The van der Waals surface area contributed by atoms with Crippen LogP contribution in [0.25, 0.3) is 0 Å². The Kier molecular flexibility index (Phi) is 4.42. The molecule has 1 atom stereocenters. The molecular formula is C16H18N2O3. The van der Waals surface area contributed by atoms with Crippen molar-refractivity contribution in [2.75, 3.05) is 7.11 Å². The summed E-state index contributed by atoms with van der Waals surface area (Å²) in [5.41, 5.74) is 1.75. The second-order valence-electron chi connectivity index (χ2n) is 4.80.